The number of pyridine rings is 1. The van der Waals surface area contributed by atoms with Crippen LogP contribution in [-0.2, 0) is 24.3 Å². The lowest BCUT2D eigenvalue weighted by molar-refractivity contribution is -0.116. The number of amides is 1. The number of halogens is 2. The van der Waals surface area contributed by atoms with Gasteiger partial charge in [0.1, 0.15) is 12.4 Å². The molecule has 7 heteroatoms. The molecule has 3 rings (SSSR count). The quantitative estimate of drug-likeness (QED) is 0.857. The predicted octanol–water partition coefficient (Wildman–Crippen LogP) is 2.03. The number of aromatic nitrogens is 1. The molecule has 0 spiro atoms. The van der Waals surface area contributed by atoms with Crippen molar-refractivity contribution >= 4 is 27.5 Å². The monoisotopic (exact) mass is 379 g/mol. The van der Waals surface area contributed by atoms with E-state index in [4.69, 9.17) is 0 Å². The third-order valence-corrected chi connectivity index (χ3v) is 4.21. The molecule has 1 aliphatic rings. The Morgan fingerprint density at radius 3 is 3.00 bits per heavy atom. The van der Waals surface area contributed by atoms with Gasteiger partial charge in [-0.05, 0) is 52.2 Å². The Hall–Kier alpha value is -1.99. The van der Waals surface area contributed by atoms with E-state index in [1.807, 2.05) is 6.07 Å². The lowest BCUT2D eigenvalue weighted by atomic mass is 9.99. The number of carbonyl (C=O) groups excluding carboxylic acids is 1. The van der Waals surface area contributed by atoms with Crippen LogP contribution in [0.1, 0.15) is 11.1 Å². The van der Waals surface area contributed by atoms with Crippen LogP contribution in [0.2, 0.25) is 0 Å². The van der Waals surface area contributed by atoms with Crippen LogP contribution in [0.3, 0.4) is 0 Å². The maximum Gasteiger partial charge on any atom is 0.251 e. The van der Waals surface area contributed by atoms with Crippen molar-refractivity contribution in [3.63, 3.8) is 0 Å². The Morgan fingerprint density at radius 1 is 1.35 bits per heavy atom. The summed E-state index contributed by atoms with van der Waals surface area (Å²) in [7, 11) is 0. The number of rotatable bonds is 3. The van der Waals surface area contributed by atoms with Gasteiger partial charge in [-0.25, -0.2) is 4.39 Å². The number of hydrogen-bond acceptors (Lipinski definition) is 3. The summed E-state index contributed by atoms with van der Waals surface area (Å²) in [6.45, 7) is 1.18. The maximum absolute atomic E-state index is 14.5. The minimum Gasteiger partial charge on any atom is -0.322 e. The zero-order valence-corrected chi connectivity index (χ0v) is 13.8. The van der Waals surface area contributed by atoms with Crippen LogP contribution in [0.15, 0.2) is 39.7 Å². The van der Waals surface area contributed by atoms with Gasteiger partial charge in [-0.1, -0.05) is 6.07 Å². The second kappa shape index (κ2) is 6.64. The zero-order chi connectivity index (χ0) is 16.4. The minimum atomic E-state index is -0.446. The van der Waals surface area contributed by atoms with E-state index in [1.165, 1.54) is 16.8 Å². The summed E-state index contributed by atoms with van der Waals surface area (Å²) >= 11 is 3.25. The number of benzene rings is 1. The van der Waals surface area contributed by atoms with Gasteiger partial charge in [-0.2, -0.15) is 0 Å². The van der Waals surface area contributed by atoms with E-state index < -0.39 is 5.91 Å². The summed E-state index contributed by atoms with van der Waals surface area (Å²) < 4.78 is 16.4. The first kappa shape index (κ1) is 15.9. The van der Waals surface area contributed by atoms with Crippen molar-refractivity contribution in [2.45, 2.75) is 19.5 Å². The van der Waals surface area contributed by atoms with Gasteiger partial charge in [0.2, 0.25) is 5.91 Å². The Bertz CT molecular complexity index is 819. The molecule has 0 unspecified atom stereocenters. The Balaban J connectivity index is 1.78. The van der Waals surface area contributed by atoms with Crippen molar-refractivity contribution in [1.82, 2.24) is 9.88 Å². The highest BCUT2D eigenvalue weighted by molar-refractivity contribution is 9.10. The first-order chi connectivity index (χ1) is 11.0. The van der Waals surface area contributed by atoms with Gasteiger partial charge >= 0.3 is 0 Å². The fourth-order valence-electron chi connectivity index (χ4n) is 2.60. The van der Waals surface area contributed by atoms with E-state index in [2.05, 4.69) is 26.6 Å². The third-order valence-electron chi connectivity index (χ3n) is 3.74. The second-order valence-electron chi connectivity index (χ2n) is 5.35. The van der Waals surface area contributed by atoms with Crippen LogP contribution in [0.25, 0.3) is 0 Å². The normalized spacial score (nSPS) is 13.5. The van der Waals surface area contributed by atoms with E-state index in [9.17, 15) is 14.0 Å². The Labute approximate surface area is 140 Å². The van der Waals surface area contributed by atoms with Crippen LogP contribution in [0.4, 0.5) is 10.1 Å². The van der Waals surface area contributed by atoms with Crippen LogP contribution < -0.4 is 16.2 Å². The van der Waals surface area contributed by atoms with Gasteiger partial charge in [0.25, 0.3) is 5.56 Å². The molecule has 0 fully saturated rings. The van der Waals surface area contributed by atoms with Gasteiger partial charge in [0.05, 0.1) is 5.69 Å². The molecular formula is C16H15BrFN3O2. The Morgan fingerprint density at radius 2 is 2.17 bits per heavy atom. The fourth-order valence-corrected chi connectivity index (χ4v) is 2.98. The molecule has 0 saturated heterocycles. The van der Waals surface area contributed by atoms with E-state index in [1.54, 1.807) is 12.1 Å². The molecule has 23 heavy (non-hydrogen) atoms. The van der Waals surface area contributed by atoms with Gasteiger partial charge in [0.15, 0.2) is 0 Å². The summed E-state index contributed by atoms with van der Waals surface area (Å²) in [6.07, 6.45) is 2.12. The zero-order valence-electron chi connectivity index (χ0n) is 12.2. The highest BCUT2D eigenvalue weighted by atomic mass is 79.9. The van der Waals surface area contributed by atoms with Gasteiger partial charge in [0, 0.05) is 23.3 Å². The van der Waals surface area contributed by atoms with E-state index in [0.29, 0.717) is 23.0 Å². The summed E-state index contributed by atoms with van der Waals surface area (Å²) in [5.74, 6) is -0.836. The molecule has 1 amide bonds. The van der Waals surface area contributed by atoms with Crippen molar-refractivity contribution in [3.05, 3.63) is 62.2 Å². The molecule has 120 valence electrons. The number of fused-ring (bicyclic) bond motifs is 1. The smallest absolute Gasteiger partial charge is 0.251 e. The highest BCUT2D eigenvalue weighted by Gasteiger charge is 2.17. The average Bonchev–Trinajstić information content (AvgIpc) is 2.54. The van der Waals surface area contributed by atoms with Crippen LogP contribution >= 0.6 is 15.9 Å². The van der Waals surface area contributed by atoms with Crippen molar-refractivity contribution in [2.75, 3.05) is 11.9 Å². The summed E-state index contributed by atoms with van der Waals surface area (Å²) in [4.78, 5) is 23.8. The van der Waals surface area contributed by atoms with Crippen molar-refractivity contribution < 1.29 is 9.18 Å². The third kappa shape index (κ3) is 3.51. The summed E-state index contributed by atoms with van der Waals surface area (Å²) in [6, 6.07) is 6.34. The van der Waals surface area contributed by atoms with E-state index >= 15 is 0 Å². The van der Waals surface area contributed by atoms with Crippen LogP contribution in [0.5, 0.6) is 0 Å². The van der Waals surface area contributed by atoms with Crippen LogP contribution in [0, 0.1) is 5.82 Å². The average molecular weight is 380 g/mol. The molecule has 2 N–H and O–H groups in total. The molecule has 5 nitrogen and oxygen atoms in total. The number of nitrogens with zero attached hydrogens (tertiary/aromatic N) is 1. The number of hydrogen-bond donors (Lipinski definition) is 2. The maximum atomic E-state index is 14.5. The molecule has 0 atom stereocenters. The molecule has 1 aliphatic heterocycles. The fraction of sp³-hybridized carbons (Fsp3) is 0.250. The molecular weight excluding hydrogens is 365 g/mol. The molecule has 0 saturated carbocycles. The van der Waals surface area contributed by atoms with Gasteiger partial charge < -0.3 is 15.2 Å². The number of anilines is 1. The van der Waals surface area contributed by atoms with Crippen LogP contribution in [-0.4, -0.2) is 17.0 Å². The van der Waals surface area contributed by atoms with Crippen molar-refractivity contribution in [1.29, 1.82) is 0 Å². The largest absolute Gasteiger partial charge is 0.322 e. The van der Waals surface area contributed by atoms with Gasteiger partial charge in [-0.15, -0.1) is 0 Å². The molecule has 0 radical (unpaired) electrons. The SMILES string of the molecule is O=C(Cn1cc(Br)ccc1=O)Nc1ccc2c(c1F)CCNC2. The van der Waals surface area contributed by atoms with Gasteiger partial charge in [-0.3, -0.25) is 9.59 Å². The lowest BCUT2D eigenvalue weighted by Gasteiger charge is -2.19. The molecule has 0 bridgehead atoms. The first-order valence-electron chi connectivity index (χ1n) is 7.21. The van der Waals surface area contributed by atoms with Crippen molar-refractivity contribution in [3.8, 4) is 0 Å². The first-order valence-corrected chi connectivity index (χ1v) is 8.01. The van der Waals surface area contributed by atoms with Crippen molar-refractivity contribution in [2.24, 2.45) is 0 Å². The standard InChI is InChI=1S/C16H15BrFN3O2/c17-11-2-4-15(23)21(8-11)9-14(22)20-13-3-1-10-7-19-6-5-12(10)16(13)18/h1-4,8,19H,5-7,9H2,(H,20,22). The summed E-state index contributed by atoms with van der Waals surface area (Å²) in [5.41, 5.74) is 1.41. The van der Waals surface area contributed by atoms with E-state index in [0.717, 1.165) is 12.1 Å². The second-order valence-corrected chi connectivity index (χ2v) is 6.27. The Kier molecular flexibility index (Phi) is 4.58. The number of carbonyl (C=O) groups is 1. The summed E-state index contributed by atoms with van der Waals surface area (Å²) in [5, 5.41) is 5.72. The minimum absolute atomic E-state index is 0.152. The highest BCUT2D eigenvalue weighted by Crippen LogP contribution is 2.24. The lowest BCUT2D eigenvalue weighted by Crippen LogP contribution is -2.28. The van der Waals surface area contributed by atoms with E-state index in [-0.39, 0.29) is 23.6 Å². The molecule has 1 aromatic heterocycles. The topological polar surface area (TPSA) is 63.1 Å². The molecule has 2 heterocycles. The molecule has 1 aromatic carbocycles. The molecule has 2 aromatic rings. The number of nitrogens with one attached hydrogen (secondary N) is 2. The predicted molar refractivity (Wildman–Crippen MR) is 88.8 cm³/mol. The molecule has 0 aliphatic carbocycles.